The maximum atomic E-state index is 12.7. The summed E-state index contributed by atoms with van der Waals surface area (Å²) >= 11 is 0. The Morgan fingerprint density at radius 1 is 1.14 bits per heavy atom. The second kappa shape index (κ2) is 8.84. The lowest BCUT2D eigenvalue weighted by Crippen LogP contribution is -2.39. The molecule has 1 aliphatic rings. The fourth-order valence-electron chi connectivity index (χ4n) is 3.42. The summed E-state index contributed by atoms with van der Waals surface area (Å²) in [6.07, 6.45) is 1.66. The number of ether oxygens (including phenoxy) is 1. The number of anilines is 2. The minimum atomic E-state index is -0.318. The summed E-state index contributed by atoms with van der Waals surface area (Å²) in [5, 5.41) is 5.59. The number of aromatic nitrogens is 1. The highest BCUT2D eigenvalue weighted by Gasteiger charge is 2.20. The van der Waals surface area contributed by atoms with Crippen LogP contribution in [0.25, 0.3) is 0 Å². The molecule has 3 rings (SSSR count). The van der Waals surface area contributed by atoms with Gasteiger partial charge in [-0.15, -0.1) is 0 Å². The van der Waals surface area contributed by atoms with Gasteiger partial charge in [0.05, 0.1) is 25.3 Å². The van der Waals surface area contributed by atoms with E-state index in [0.29, 0.717) is 37.7 Å². The molecule has 1 aromatic carbocycles. The summed E-state index contributed by atoms with van der Waals surface area (Å²) in [6.45, 7) is 8.41. The third-order valence-corrected chi connectivity index (χ3v) is 4.69. The lowest BCUT2D eigenvalue weighted by Gasteiger charge is -2.29. The van der Waals surface area contributed by atoms with Crippen LogP contribution in [0.15, 0.2) is 30.5 Å². The van der Waals surface area contributed by atoms with Crippen molar-refractivity contribution in [2.45, 2.75) is 20.8 Å². The number of hydrogen-bond acceptors (Lipinski definition) is 5. The molecule has 0 unspecified atom stereocenters. The lowest BCUT2D eigenvalue weighted by atomic mass is 10.1. The summed E-state index contributed by atoms with van der Waals surface area (Å²) < 4.78 is 5.36. The van der Waals surface area contributed by atoms with Crippen LogP contribution in [0.1, 0.15) is 27.0 Å². The number of nitrogens with zero attached hydrogens (tertiary/aromatic N) is 2. The van der Waals surface area contributed by atoms with Gasteiger partial charge in [-0.05, 0) is 44.0 Å². The normalized spacial score (nSPS) is 13.9. The molecule has 0 aliphatic carbocycles. The predicted molar refractivity (Wildman–Crippen MR) is 109 cm³/mol. The Bertz CT molecular complexity index is 853. The van der Waals surface area contributed by atoms with Gasteiger partial charge in [0.2, 0.25) is 5.91 Å². The van der Waals surface area contributed by atoms with E-state index < -0.39 is 0 Å². The average molecular weight is 382 g/mol. The SMILES string of the molecule is Cc1cc(C)c(NC(=O)CNC(=O)c2cccnc2N2CCOCC2)c(C)c1. The van der Waals surface area contributed by atoms with E-state index in [1.807, 2.05) is 37.8 Å². The number of rotatable bonds is 5. The summed E-state index contributed by atoms with van der Waals surface area (Å²) in [6, 6.07) is 7.48. The van der Waals surface area contributed by atoms with Crippen molar-refractivity contribution in [2.75, 3.05) is 43.1 Å². The second-order valence-corrected chi connectivity index (χ2v) is 6.98. The van der Waals surface area contributed by atoms with Gasteiger partial charge in [-0.3, -0.25) is 9.59 Å². The Kier molecular flexibility index (Phi) is 6.26. The smallest absolute Gasteiger partial charge is 0.255 e. The van der Waals surface area contributed by atoms with Crippen LogP contribution in [0, 0.1) is 20.8 Å². The van der Waals surface area contributed by atoms with Crippen LogP contribution in [-0.4, -0.2) is 49.6 Å². The molecule has 0 bridgehead atoms. The molecular formula is C21H26N4O3. The molecule has 2 aromatic rings. The highest BCUT2D eigenvalue weighted by atomic mass is 16.5. The molecule has 0 atom stereocenters. The number of morpholine rings is 1. The molecule has 7 nitrogen and oxygen atoms in total. The van der Waals surface area contributed by atoms with Crippen molar-refractivity contribution in [3.8, 4) is 0 Å². The van der Waals surface area contributed by atoms with E-state index in [0.717, 1.165) is 22.4 Å². The summed E-state index contributed by atoms with van der Waals surface area (Å²) in [5.74, 6) is 0.0382. The molecule has 2 heterocycles. The fraction of sp³-hybridized carbons (Fsp3) is 0.381. The number of nitrogens with one attached hydrogen (secondary N) is 2. The first-order valence-electron chi connectivity index (χ1n) is 9.39. The quantitative estimate of drug-likeness (QED) is 0.828. The van der Waals surface area contributed by atoms with E-state index in [4.69, 9.17) is 4.74 Å². The lowest BCUT2D eigenvalue weighted by molar-refractivity contribution is -0.115. The molecule has 1 aliphatic heterocycles. The Morgan fingerprint density at radius 2 is 1.82 bits per heavy atom. The Labute approximate surface area is 165 Å². The molecule has 148 valence electrons. The van der Waals surface area contributed by atoms with Crippen LogP contribution in [0.3, 0.4) is 0 Å². The van der Waals surface area contributed by atoms with Crippen LogP contribution in [-0.2, 0) is 9.53 Å². The van der Waals surface area contributed by atoms with E-state index in [9.17, 15) is 9.59 Å². The van der Waals surface area contributed by atoms with Gasteiger partial charge in [-0.25, -0.2) is 4.98 Å². The number of benzene rings is 1. The van der Waals surface area contributed by atoms with Crippen LogP contribution in [0.2, 0.25) is 0 Å². The third kappa shape index (κ3) is 4.67. The van der Waals surface area contributed by atoms with Crippen LogP contribution < -0.4 is 15.5 Å². The van der Waals surface area contributed by atoms with E-state index in [1.165, 1.54) is 0 Å². The molecular weight excluding hydrogens is 356 g/mol. The molecule has 0 radical (unpaired) electrons. The second-order valence-electron chi connectivity index (χ2n) is 6.98. The van der Waals surface area contributed by atoms with E-state index >= 15 is 0 Å². The molecule has 2 amide bonds. The fourth-order valence-corrected chi connectivity index (χ4v) is 3.42. The first kappa shape index (κ1) is 19.8. The summed E-state index contributed by atoms with van der Waals surface area (Å²) in [5.41, 5.74) is 4.40. The highest BCUT2D eigenvalue weighted by Crippen LogP contribution is 2.22. The van der Waals surface area contributed by atoms with Gasteiger partial charge >= 0.3 is 0 Å². The van der Waals surface area contributed by atoms with Crippen molar-refractivity contribution >= 4 is 23.3 Å². The zero-order valence-corrected chi connectivity index (χ0v) is 16.5. The van der Waals surface area contributed by atoms with Gasteiger partial charge in [-0.1, -0.05) is 17.7 Å². The average Bonchev–Trinajstić information content (AvgIpc) is 2.69. The molecule has 1 fully saturated rings. The van der Waals surface area contributed by atoms with Gasteiger partial charge in [-0.2, -0.15) is 0 Å². The van der Waals surface area contributed by atoms with Crippen molar-refractivity contribution in [1.82, 2.24) is 10.3 Å². The van der Waals surface area contributed by atoms with Crippen molar-refractivity contribution in [1.29, 1.82) is 0 Å². The van der Waals surface area contributed by atoms with Gasteiger partial charge < -0.3 is 20.3 Å². The van der Waals surface area contributed by atoms with Crippen molar-refractivity contribution in [3.05, 3.63) is 52.7 Å². The Balaban J connectivity index is 1.64. The van der Waals surface area contributed by atoms with Gasteiger partial charge in [0.1, 0.15) is 5.82 Å². The minimum Gasteiger partial charge on any atom is -0.378 e. The van der Waals surface area contributed by atoms with E-state index in [-0.39, 0.29) is 18.4 Å². The third-order valence-electron chi connectivity index (χ3n) is 4.69. The van der Waals surface area contributed by atoms with Crippen molar-refractivity contribution < 1.29 is 14.3 Å². The molecule has 0 spiro atoms. The molecule has 1 saturated heterocycles. The van der Waals surface area contributed by atoms with Crippen LogP contribution in [0.4, 0.5) is 11.5 Å². The zero-order valence-electron chi connectivity index (χ0n) is 16.5. The van der Waals surface area contributed by atoms with E-state index in [2.05, 4.69) is 15.6 Å². The van der Waals surface area contributed by atoms with Crippen LogP contribution in [0.5, 0.6) is 0 Å². The van der Waals surface area contributed by atoms with Gasteiger partial charge in [0.15, 0.2) is 0 Å². The Hall–Kier alpha value is -2.93. The van der Waals surface area contributed by atoms with Crippen molar-refractivity contribution in [3.63, 3.8) is 0 Å². The largest absolute Gasteiger partial charge is 0.378 e. The summed E-state index contributed by atoms with van der Waals surface area (Å²) in [4.78, 5) is 31.4. The number of pyridine rings is 1. The topological polar surface area (TPSA) is 83.6 Å². The maximum absolute atomic E-state index is 12.7. The maximum Gasteiger partial charge on any atom is 0.255 e. The molecule has 7 heteroatoms. The standard InChI is InChI=1S/C21H26N4O3/c1-14-11-15(2)19(16(3)12-14)24-18(26)13-23-21(27)17-5-4-6-22-20(17)25-7-9-28-10-8-25/h4-6,11-12H,7-10,13H2,1-3H3,(H,23,27)(H,24,26). The van der Waals surface area contributed by atoms with Gasteiger partial charge in [0, 0.05) is 25.0 Å². The van der Waals surface area contributed by atoms with Crippen molar-refractivity contribution in [2.24, 2.45) is 0 Å². The minimum absolute atomic E-state index is 0.108. The number of carbonyl (C=O) groups is 2. The zero-order chi connectivity index (χ0) is 20.1. The molecule has 2 N–H and O–H groups in total. The number of hydrogen-bond donors (Lipinski definition) is 2. The van der Waals surface area contributed by atoms with E-state index in [1.54, 1.807) is 18.3 Å². The van der Waals surface area contributed by atoms with Gasteiger partial charge in [0.25, 0.3) is 5.91 Å². The first-order valence-corrected chi connectivity index (χ1v) is 9.39. The van der Waals surface area contributed by atoms with Crippen LogP contribution >= 0.6 is 0 Å². The summed E-state index contributed by atoms with van der Waals surface area (Å²) in [7, 11) is 0. The molecule has 28 heavy (non-hydrogen) atoms. The number of amides is 2. The number of aryl methyl sites for hydroxylation is 3. The molecule has 0 saturated carbocycles. The highest BCUT2D eigenvalue weighted by molar-refractivity contribution is 6.02. The number of carbonyl (C=O) groups excluding carboxylic acids is 2. The molecule has 1 aromatic heterocycles. The predicted octanol–water partition coefficient (Wildman–Crippen LogP) is 2.21. The Morgan fingerprint density at radius 3 is 2.50 bits per heavy atom. The first-order chi connectivity index (χ1) is 13.5. The monoisotopic (exact) mass is 382 g/mol.